The molecule has 0 fully saturated rings. The number of nitrogens with zero attached hydrogens (tertiary/aromatic N) is 4. The first kappa shape index (κ1) is 60.1. The van der Waals surface area contributed by atoms with Crippen molar-refractivity contribution >= 4 is 59.3 Å². The van der Waals surface area contributed by atoms with E-state index in [2.05, 4.69) is 21.3 Å². The molecule has 4 aromatic rings. The van der Waals surface area contributed by atoms with Gasteiger partial charge in [-0.25, -0.2) is 13.6 Å². The van der Waals surface area contributed by atoms with E-state index in [1.807, 2.05) is 12.1 Å². The van der Waals surface area contributed by atoms with Gasteiger partial charge >= 0.3 is 12.1 Å². The summed E-state index contributed by atoms with van der Waals surface area (Å²) in [5.74, 6) is -11.0. The average Bonchev–Trinajstić information content (AvgIpc) is 4.00. The summed E-state index contributed by atoms with van der Waals surface area (Å²) < 4.78 is 37.1. The van der Waals surface area contributed by atoms with E-state index in [0.717, 1.165) is 42.8 Å². The van der Waals surface area contributed by atoms with Gasteiger partial charge in [-0.1, -0.05) is 81.4 Å². The number of hydrogen-bond donors (Lipinski definition) is 7. The Kier molecular flexibility index (Phi) is 21.0. The second-order valence-electron chi connectivity index (χ2n) is 19.4. The fourth-order valence-electron chi connectivity index (χ4n) is 8.71. The lowest BCUT2D eigenvalue weighted by molar-refractivity contribution is -0.153. The number of carbonyl (C=O) groups is 10. The maximum atomic E-state index is 15.5. The normalized spacial score (nSPS) is 14.1. The number of benzene rings is 3. The van der Waals surface area contributed by atoms with Crippen molar-refractivity contribution in [2.24, 2.45) is 11.1 Å². The van der Waals surface area contributed by atoms with Gasteiger partial charge in [-0.05, 0) is 61.1 Å². The van der Waals surface area contributed by atoms with Crippen molar-refractivity contribution in [3.8, 4) is 11.1 Å². The van der Waals surface area contributed by atoms with E-state index in [0.29, 0.717) is 21.1 Å². The summed E-state index contributed by atoms with van der Waals surface area (Å²) in [5, 5.41) is 30.3. The number of ether oxygens (including phenoxy) is 1. The van der Waals surface area contributed by atoms with Crippen molar-refractivity contribution in [2.45, 2.75) is 90.8 Å². The van der Waals surface area contributed by atoms with E-state index in [1.165, 1.54) is 11.8 Å². The van der Waals surface area contributed by atoms with Gasteiger partial charge in [-0.2, -0.15) is 0 Å². The van der Waals surface area contributed by atoms with Gasteiger partial charge in [-0.3, -0.25) is 48.1 Å². The summed E-state index contributed by atoms with van der Waals surface area (Å²) >= 11 is 0. The van der Waals surface area contributed by atoms with Crippen molar-refractivity contribution in [2.75, 3.05) is 32.8 Å². The average molecular weight is 1080 g/mol. The van der Waals surface area contributed by atoms with Crippen LogP contribution in [0.4, 0.5) is 13.6 Å². The molecule has 5 atom stereocenters. The maximum absolute atomic E-state index is 15.5. The fourth-order valence-corrected chi connectivity index (χ4v) is 8.71. The van der Waals surface area contributed by atoms with Crippen LogP contribution in [0.2, 0.25) is 0 Å². The molecule has 5 rings (SSSR count). The number of aromatic nitrogens is 1. The van der Waals surface area contributed by atoms with Gasteiger partial charge in [-0.15, -0.1) is 0 Å². The lowest BCUT2D eigenvalue weighted by Crippen LogP contribution is -2.63. The van der Waals surface area contributed by atoms with Crippen LogP contribution in [0.15, 0.2) is 103 Å². The van der Waals surface area contributed by atoms with Gasteiger partial charge in [0.2, 0.25) is 35.4 Å². The van der Waals surface area contributed by atoms with Crippen LogP contribution in [0.25, 0.3) is 11.1 Å². The maximum Gasteiger partial charge on any atom is 0.408 e. The molecule has 416 valence electrons. The Balaban J connectivity index is 1.54. The Hall–Kier alpha value is -8.80. The molecule has 3 aromatic carbocycles. The van der Waals surface area contributed by atoms with E-state index in [1.54, 1.807) is 86.1 Å². The Morgan fingerprint density at radius 2 is 1.40 bits per heavy atom. The molecule has 0 radical (unpaired) electrons. The van der Waals surface area contributed by atoms with Crippen LogP contribution in [0.3, 0.4) is 0 Å². The number of imide groups is 1. The highest BCUT2D eigenvalue weighted by molar-refractivity contribution is 6.14. The van der Waals surface area contributed by atoms with Crippen LogP contribution in [0.5, 0.6) is 0 Å². The van der Waals surface area contributed by atoms with Gasteiger partial charge in [0.05, 0.1) is 12.5 Å². The molecule has 8 N–H and O–H groups in total. The van der Waals surface area contributed by atoms with Gasteiger partial charge < -0.3 is 56.3 Å². The van der Waals surface area contributed by atoms with E-state index in [-0.39, 0.29) is 30.8 Å². The van der Waals surface area contributed by atoms with Gasteiger partial charge in [0, 0.05) is 61.3 Å². The van der Waals surface area contributed by atoms with Gasteiger partial charge in [0.15, 0.2) is 0 Å². The number of halogens is 2. The topological polar surface area (TPSA) is 309 Å². The molecule has 0 spiro atoms. The summed E-state index contributed by atoms with van der Waals surface area (Å²) in [6.07, 6.45) is 0.707. The third-order valence-corrected chi connectivity index (χ3v) is 12.4. The highest BCUT2D eigenvalue weighted by Gasteiger charge is 2.43. The molecule has 78 heavy (non-hydrogen) atoms. The number of aliphatic carboxylic acids is 1. The van der Waals surface area contributed by atoms with Crippen LogP contribution in [-0.2, 0) is 61.0 Å². The SMILES string of the molecule is CC(NC(=O)OCc1ccccc1)C(=O)NC(C)C(=O)N(C(CC(=O)O)C(N)=O)C(CCN(C(=O)CO)C(c1cc(-c2cc(F)ccc2F)cn1Cc1ccccc1)C(C)(C)C)C(=O)NCCNC(=O)CN1C(=O)C=CC1=O. The third-order valence-electron chi connectivity index (χ3n) is 12.4. The van der Waals surface area contributed by atoms with Crippen LogP contribution >= 0.6 is 0 Å². The minimum Gasteiger partial charge on any atom is -0.481 e. The molecule has 1 aromatic heterocycles. The smallest absolute Gasteiger partial charge is 0.408 e. The lowest BCUT2D eigenvalue weighted by Gasteiger charge is -2.42. The Morgan fingerprint density at radius 1 is 0.782 bits per heavy atom. The van der Waals surface area contributed by atoms with Gasteiger partial charge in [0.1, 0.15) is 55.6 Å². The molecule has 1 aliphatic rings. The van der Waals surface area contributed by atoms with E-state index in [4.69, 9.17) is 10.5 Å². The summed E-state index contributed by atoms with van der Waals surface area (Å²) in [4.78, 5) is 135. The quantitative estimate of drug-likeness (QED) is 0.0351. The second kappa shape index (κ2) is 27.3. The molecule has 0 saturated heterocycles. The fraction of sp³-hybridized carbons (Fsp3) is 0.370. The Bertz CT molecular complexity index is 2880. The molecule has 24 heteroatoms. The predicted octanol–water partition coefficient (Wildman–Crippen LogP) is 2.28. The number of aliphatic hydroxyl groups excluding tert-OH is 1. The highest BCUT2D eigenvalue weighted by Crippen LogP contribution is 2.41. The van der Waals surface area contributed by atoms with Crippen LogP contribution < -0.4 is 27.0 Å². The molecule has 9 amide bonds. The summed E-state index contributed by atoms with van der Waals surface area (Å²) in [6.45, 7) is 4.55. The molecule has 0 saturated carbocycles. The standard InChI is InChI=1S/C54H63F2N9O13/c1-32(61-53(77)78-31-35-14-10-7-11-15-35)50(74)60-33(2)52(76)65(42(49(57)73)26-47(71)72)40(51(75)59-22-21-58-43(67)29-64-44(68)18-19-45(64)69)20-23-63(46(70)30-66)48(54(3,4)5)41-24-36(38-25-37(55)16-17-39(38)56)28-62(41)27-34-12-8-6-9-13-34/h6-19,24-25,28,32-33,40,42,48,66H,20-23,26-27,29-31H2,1-5H3,(H2,57,73)(H,58,67)(H,59,75)(H,60,74)(H,61,77)(H,71,72). The summed E-state index contributed by atoms with van der Waals surface area (Å²) in [7, 11) is 0. The molecule has 22 nitrogen and oxygen atoms in total. The molecular weight excluding hydrogens is 1020 g/mol. The minimum absolute atomic E-state index is 0.113. The number of nitrogens with two attached hydrogens (primary N) is 1. The zero-order valence-corrected chi connectivity index (χ0v) is 43.6. The number of aliphatic hydroxyl groups is 1. The third kappa shape index (κ3) is 16.4. The second-order valence-corrected chi connectivity index (χ2v) is 19.4. The van der Waals surface area contributed by atoms with E-state index < -0.39 is 146 Å². The van der Waals surface area contributed by atoms with Crippen molar-refractivity contribution in [3.05, 3.63) is 132 Å². The lowest BCUT2D eigenvalue weighted by atomic mass is 9.82. The van der Waals surface area contributed by atoms with Crippen LogP contribution in [0.1, 0.15) is 70.3 Å². The number of nitrogens with one attached hydrogen (secondary N) is 4. The minimum atomic E-state index is -2.12. The highest BCUT2D eigenvalue weighted by atomic mass is 19.1. The van der Waals surface area contributed by atoms with E-state index >= 15 is 4.39 Å². The zero-order valence-electron chi connectivity index (χ0n) is 43.6. The first-order valence-corrected chi connectivity index (χ1v) is 24.7. The number of alkyl carbamates (subject to hydrolysis) is 1. The monoisotopic (exact) mass is 1080 g/mol. The first-order chi connectivity index (χ1) is 36.9. The summed E-state index contributed by atoms with van der Waals surface area (Å²) in [5.41, 5.74) is 6.65. The van der Waals surface area contributed by atoms with Crippen molar-refractivity contribution in [1.29, 1.82) is 0 Å². The van der Waals surface area contributed by atoms with Crippen molar-refractivity contribution in [1.82, 2.24) is 40.5 Å². The van der Waals surface area contributed by atoms with Crippen LogP contribution in [0, 0.1) is 17.0 Å². The molecule has 1 aliphatic heterocycles. The molecular formula is C54H63F2N9O13. The van der Waals surface area contributed by atoms with Gasteiger partial charge in [0.25, 0.3) is 11.8 Å². The number of carboxylic acids is 1. The number of rotatable bonds is 26. The molecule has 0 bridgehead atoms. The number of primary amides is 1. The Morgan fingerprint density at radius 3 is 1.99 bits per heavy atom. The number of carbonyl (C=O) groups excluding carboxylic acids is 9. The van der Waals surface area contributed by atoms with E-state index in [9.17, 15) is 62.5 Å². The van der Waals surface area contributed by atoms with Crippen molar-refractivity contribution < 1.29 is 71.7 Å². The largest absolute Gasteiger partial charge is 0.481 e. The molecule has 0 aliphatic carbocycles. The zero-order chi connectivity index (χ0) is 57.4. The molecule has 5 unspecified atom stereocenters. The Labute approximate surface area is 447 Å². The van der Waals surface area contributed by atoms with Crippen molar-refractivity contribution in [3.63, 3.8) is 0 Å². The molecule has 2 heterocycles. The predicted molar refractivity (Wildman–Crippen MR) is 276 cm³/mol. The number of carboxylic acid groups (broad SMARTS) is 1. The first-order valence-electron chi connectivity index (χ1n) is 24.7. The number of amides is 9. The summed E-state index contributed by atoms with van der Waals surface area (Å²) in [6, 6.07) is 13.8. The number of hydrogen-bond acceptors (Lipinski definition) is 12. The van der Waals surface area contributed by atoms with Crippen LogP contribution in [-0.4, -0.2) is 146 Å².